The van der Waals surface area contributed by atoms with Crippen molar-refractivity contribution in [2.24, 2.45) is 0 Å². The van der Waals surface area contributed by atoms with Crippen LogP contribution < -0.4 is 5.32 Å². The lowest BCUT2D eigenvalue weighted by Gasteiger charge is -2.34. The van der Waals surface area contributed by atoms with Crippen molar-refractivity contribution in [2.45, 2.75) is 6.92 Å². The zero-order valence-corrected chi connectivity index (χ0v) is 17.4. The third-order valence-electron chi connectivity index (χ3n) is 4.53. The molecule has 1 aliphatic rings. The number of piperazine rings is 1. The summed E-state index contributed by atoms with van der Waals surface area (Å²) in [5, 5.41) is 3.34. The second-order valence-electron chi connectivity index (χ2n) is 6.82. The van der Waals surface area contributed by atoms with Crippen LogP contribution >= 0.6 is 11.3 Å². The standard InChI is InChI=1S/C18H23N3O5S2/c1-13-12-15(19-17(22)14-4-3-10-26-14)27-16(13)18(23)21-7-5-20(6-8-21)9-11-28(2,24)25/h3-4,10,12H,5-9,11H2,1-2H3,(H,19,22). The van der Waals surface area contributed by atoms with Gasteiger partial charge >= 0.3 is 0 Å². The largest absolute Gasteiger partial charge is 0.459 e. The Hall–Kier alpha value is -2.17. The molecule has 3 rings (SSSR count). The van der Waals surface area contributed by atoms with Crippen LogP contribution in [0.3, 0.4) is 0 Å². The molecule has 1 saturated heterocycles. The average molecular weight is 426 g/mol. The molecule has 3 heterocycles. The molecule has 2 aromatic heterocycles. The number of hydrogen-bond donors (Lipinski definition) is 1. The van der Waals surface area contributed by atoms with Crippen LogP contribution in [0.25, 0.3) is 0 Å². The van der Waals surface area contributed by atoms with Crippen molar-refractivity contribution in [3.63, 3.8) is 0 Å². The fraction of sp³-hybridized carbons (Fsp3) is 0.444. The van der Waals surface area contributed by atoms with Gasteiger partial charge < -0.3 is 14.6 Å². The first-order chi connectivity index (χ1) is 13.2. The van der Waals surface area contributed by atoms with Crippen molar-refractivity contribution < 1.29 is 22.4 Å². The Morgan fingerprint density at radius 2 is 1.96 bits per heavy atom. The topological polar surface area (TPSA) is 99.9 Å². The number of aryl methyl sites for hydroxylation is 1. The minimum atomic E-state index is -2.99. The Bertz CT molecular complexity index is 942. The van der Waals surface area contributed by atoms with Crippen LogP contribution in [0.5, 0.6) is 0 Å². The molecule has 1 aliphatic heterocycles. The molecule has 0 radical (unpaired) electrons. The Morgan fingerprint density at radius 1 is 1.25 bits per heavy atom. The lowest BCUT2D eigenvalue weighted by atomic mass is 10.2. The summed E-state index contributed by atoms with van der Waals surface area (Å²) in [4.78, 5) is 29.4. The summed E-state index contributed by atoms with van der Waals surface area (Å²) in [5.41, 5.74) is 0.809. The molecule has 0 bridgehead atoms. The Labute approximate surface area is 168 Å². The number of amides is 2. The van der Waals surface area contributed by atoms with E-state index in [4.69, 9.17) is 4.42 Å². The number of thiophene rings is 1. The van der Waals surface area contributed by atoms with E-state index in [0.717, 1.165) is 5.56 Å². The smallest absolute Gasteiger partial charge is 0.291 e. The second kappa shape index (κ2) is 8.46. The predicted octanol–water partition coefficient (Wildman–Crippen LogP) is 1.70. The van der Waals surface area contributed by atoms with Crippen LogP contribution in [0.2, 0.25) is 0 Å². The van der Waals surface area contributed by atoms with Crippen LogP contribution in [-0.4, -0.2) is 74.8 Å². The quantitative estimate of drug-likeness (QED) is 0.756. The molecule has 0 atom stereocenters. The summed E-state index contributed by atoms with van der Waals surface area (Å²) < 4.78 is 27.7. The van der Waals surface area contributed by atoms with Crippen molar-refractivity contribution in [1.29, 1.82) is 0 Å². The molecular formula is C18H23N3O5S2. The molecule has 2 aromatic rings. The molecule has 1 N–H and O–H groups in total. The summed E-state index contributed by atoms with van der Waals surface area (Å²) >= 11 is 1.24. The van der Waals surface area contributed by atoms with E-state index in [0.29, 0.717) is 42.6 Å². The minimum Gasteiger partial charge on any atom is -0.459 e. The molecule has 0 aliphatic carbocycles. The summed E-state index contributed by atoms with van der Waals surface area (Å²) in [6.07, 6.45) is 2.66. The fourth-order valence-electron chi connectivity index (χ4n) is 2.95. The first-order valence-corrected chi connectivity index (χ1v) is 11.8. The number of sulfone groups is 1. The van der Waals surface area contributed by atoms with Crippen LogP contribution in [-0.2, 0) is 9.84 Å². The third kappa shape index (κ3) is 5.21. The molecule has 8 nitrogen and oxygen atoms in total. The van der Waals surface area contributed by atoms with Crippen molar-refractivity contribution in [2.75, 3.05) is 50.0 Å². The number of nitrogens with one attached hydrogen (secondary N) is 1. The zero-order valence-electron chi connectivity index (χ0n) is 15.8. The number of hydrogen-bond acceptors (Lipinski definition) is 7. The normalized spacial score (nSPS) is 15.6. The highest BCUT2D eigenvalue weighted by molar-refractivity contribution is 7.90. The van der Waals surface area contributed by atoms with Gasteiger partial charge in [-0.2, -0.15) is 0 Å². The second-order valence-corrected chi connectivity index (χ2v) is 10.1. The van der Waals surface area contributed by atoms with E-state index in [9.17, 15) is 18.0 Å². The molecule has 0 unspecified atom stereocenters. The zero-order chi connectivity index (χ0) is 20.3. The summed E-state index contributed by atoms with van der Waals surface area (Å²) in [6, 6.07) is 4.99. The molecule has 152 valence electrons. The number of rotatable bonds is 6. The number of anilines is 1. The van der Waals surface area contributed by atoms with Gasteiger partial charge in [-0.3, -0.25) is 14.5 Å². The van der Waals surface area contributed by atoms with E-state index in [2.05, 4.69) is 10.2 Å². The SMILES string of the molecule is Cc1cc(NC(=O)c2ccco2)sc1C(=O)N1CCN(CCS(C)(=O)=O)CC1. The lowest BCUT2D eigenvalue weighted by molar-refractivity contribution is 0.0648. The van der Waals surface area contributed by atoms with Crippen molar-refractivity contribution >= 4 is 38.0 Å². The van der Waals surface area contributed by atoms with Crippen molar-refractivity contribution in [1.82, 2.24) is 9.80 Å². The summed E-state index contributed by atoms with van der Waals surface area (Å²) in [6.45, 7) is 4.72. The molecule has 0 saturated carbocycles. The van der Waals surface area contributed by atoms with E-state index >= 15 is 0 Å². The van der Waals surface area contributed by atoms with Crippen molar-refractivity contribution in [3.8, 4) is 0 Å². The maximum atomic E-state index is 12.9. The minimum absolute atomic E-state index is 0.0660. The molecule has 10 heteroatoms. The third-order valence-corrected chi connectivity index (χ3v) is 6.60. The molecule has 28 heavy (non-hydrogen) atoms. The highest BCUT2D eigenvalue weighted by Crippen LogP contribution is 2.28. The molecule has 2 amide bonds. The van der Waals surface area contributed by atoms with Crippen LogP contribution in [0, 0.1) is 6.92 Å². The number of nitrogens with zero attached hydrogens (tertiary/aromatic N) is 2. The maximum Gasteiger partial charge on any atom is 0.291 e. The van der Waals surface area contributed by atoms with Crippen LogP contribution in [0.1, 0.15) is 25.8 Å². The van der Waals surface area contributed by atoms with Gasteiger partial charge in [0.15, 0.2) is 5.76 Å². The van der Waals surface area contributed by atoms with Gasteiger partial charge in [-0.25, -0.2) is 8.42 Å². The lowest BCUT2D eigenvalue weighted by Crippen LogP contribution is -2.49. The highest BCUT2D eigenvalue weighted by atomic mass is 32.2. The molecule has 0 spiro atoms. The van der Waals surface area contributed by atoms with Gasteiger partial charge in [0.2, 0.25) is 0 Å². The Morgan fingerprint density at radius 3 is 2.57 bits per heavy atom. The predicted molar refractivity (Wildman–Crippen MR) is 108 cm³/mol. The molecule has 1 fully saturated rings. The van der Waals surface area contributed by atoms with Gasteiger partial charge in [-0.1, -0.05) is 0 Å². The van der Waals surface area contributed by atoms with Gasteiger partial charge in [-0.05, 0) is 30.7 Å². The first-order valence-electron chi connectivity index (χ1n) is 8.87. The van der Waals surface area contributed by atoms with Gasteiger partial charge in [-0.15, -0.1) is 11.3 Å². The van der Waals surface area contributed by atoms with E-state index < -0.39 is 9.84 Å². The van der Waals surface area contributed by atoms with E-state index in [1.165, 1.54) is 23.9 Å². The maximum absolute atomic E-state index is 12.9. The van der Waals surface area contributed by atoms with Crippen LogP contribution in [0.15, 0.2) is 28.9 Å². The first kappa shape index (κ1) is 20.6. The van der Waals surface area contributed by atoms with Gasteiger partial charge in [0.25, 0.3) is 11.8 Å². The van der Waals surface area contributed by atoms with Gasteiger partial charge in [0.1, 0.15) is 9.84 Å². The molecule has 0 aromatic carbocycles. The number of carbonyl (C=O) groups is 2. The summed E-state index contributed by atoms with van der Waals surface area (Å²) in [5.74, 6) is -0.0818. The fourth-order valence-corrected chi connectivity index (χ4v) is 4.58. The number of furan rings is 1. The van der Waals surface area contributed by atoms with Crippen molar-refractivity contribution in [3.05, 3.63) is 40.7 Å². The van der Waals surface area contributed by atoms with E-state index in [1.54, 1.807) is 23.1 Å². The Kier molecular flexibility index (Phi) is 6.21. The monoisotopic (exact) mass is 425 g/mol. The average Bonchev–Trinajstić information content (AvgIpc) is 3.29. The summed E-state index contributed by atoms with van der Waals surface area (Å²) in [7, 11) is -2.99. The molecular weight excluding hydrogens is 402 g/mol. The van der Waals surface area contributed by atoms with E-state index in [-0.39, 0.29) is 23.3 Å². The Balaban J connectivity index is 1.58. The van der Waals surface area contributed by atoms with Gasteiger partial charge in [0.05, 0.1) is 21.9 Å². The van der Waals surface area contributed by atoms with Gasteiger partial charge in [0, 0.05) is 39.0 Å². The highest BCUT2D eigenvalue weighted by Gasteiger charge is 2.25. The van der Waals surface area contributed by atoms with Crippen LogP contribution in [0.4, 0.5) is 5.00 Å². The van der Waals surface area contributed by atoms with E-state index in [1.807, 2.05) is 6.92 Å². The number of carbonyl (C=O) groups excluding carboxylic acids is 2.